The van der Waals surface area contributed by atoms with Crippen molar-refractivity contribution >= 4 is 11.7 Å². The number of ether oxygens (including phenoxy) is 1. The van der Waals surface area contributed by atoms with E-state index >= 15 is 0 Å². The lowest BCUT2D eigenvalue weighted by Crippen LogP contribution is -2.16. The molecular formula is C14H25N3O2. The van der Waals surface area contributed by atoms with Gasteiger partial charge in [-0.15, -0.1) is 0 Å². The molecule has 0 aliphatic carbocycles. The van der Waals surface area contributed by atoms with Gasteiger partial charge in [0.1, 0.15) is 6.54 Å². The number of hydrogen-bond acceptors (Lipinski definition) is 4. The van der Waals surface area contributed by atoms with Gasteiger partial charge in [0.15, 0.2) is 0 Å². The number of esters is 1. The van der Waals surface area contributed by atoms with Gasteiger partial charge in [-0.3, -0.25) is 9.48 Å². The standard InChI is InChI=1S/C14H25N3O2/c1-4-5-6-7-8-9-19-13(18)10-17-12(3)14(15)11(2)16-17/h4-10,15H2,1-3H3. The lowest BCUT2D eigenvalue weighted by molar-refractivity contribution is -0.144. The molecule has 2 N–H and O–H groups in total. The Morgan fingerprint density at radius 1 is 1.26 bits per heavy atom. The molecule has 0 saturated carbocycles. The summed E-state index contributed by atoms with van der Waals surface area (Å²) in [5, 5.41) is 4.21. The maximum absolute atomic E-state index is 11.7. The fourth-order valence-electron chi connectivity index (χ4n) is 1.92. The zero-order valence-corrected chi connectivity index (χ0v) is 12.2. The van der Waals surface area contributed by atoms with Crippen LogP contribution < -0.4 is 5.73 Å². The van der Waals surface area contributed by atoms with Crippen LogP contribution in [0.4, 0.5) is 5.69 Å². The third-order valence-electron chi connectivity index (χ3n) is 3.23. The second kappa shape index (κ2) is 7.81. The number of aryl methyl sites for hydroxylation is 1. The number of unbranched alkanes of at least 4 members (excludes halogenated alkanes) is 4. The molecule has 1 rings (SSSR count). The fraction of sp³-hybridized carbons (Fsp3) is 0.714. The minimum atomic E-state index is -0.249. The summed E-state index contributed by atoms with van der Waals surface area (Å²) < 4.78 is 6.79. The lowest BCUT2D eigenvalue weighted by Gasteiger charge is -2.06. The zero-order chi connectivity index (χ0) is 14.3. The van der Waals surface area contributed by atoms with E-state index in [1.807, 2.05) is 13.8 Å². The molecule has 5 heteroatoms. The second-order valence-electron chi connectivity index (χ2n) is 4.88. The van der Waals surface area contributed by atoms with E-state index < -0.39 is 0 Å². The van der Waals surface area contributed by atoms with Gasteiger partial charge in [-0.25, -0.2) is 0 Å². The summed E-state index contributed by atoms with van der Waals surface area (Å²) >= 11 is 0. The lowest BCUT2D eigenvalue weighted by atomic mass is 10.2. The Morgan fingerprint density at radius 2 is 1.95 bits per heavy atom. The highest BCUT2D eigenvalue weighted by atomic mass is 16.5. The normalized spacial score (nSPS) is 10.7. The van der Waals surface area contributed by atoms with Gasteiger partial charge in [-0.2, -0.15) is 5.10 Å². The molecule has 0 fully saturated rings. The summed E-state index contributed by atoms with van der Waals surface area (Å²) in [5.74, 6) is -0.249. The Kier molecular flexibility index (Phi) is 6.39. The molecular weight excluding hydrogens is 242 g/mol. The number of nitrogens with two attached hydrogens (primary N) is 1. The van der Waals surface area contributed by atoms with E-state index in [0.29, 0.717) is 12.3 Å². The number of hydrogen-bond donors (Lipinski definition) is 1. The number of anilines is 1. The summed E-state index contributed by atoms with van der Waals surface area (Å²) in [4.78, 5) is 11.7. The number of nitrogens with zero attached hydrogens (tertiary/aromatic N) is 2. The minimum Gasteiger partial charge on any atom is -0.464 e. The Hall–Kier alpha value is -1.52. The molecule has 0 unspecified atom stereocenters. The number of carbonyl (C=O) groups excluding carboxylic acids is 1. The van der Waals surface area contributed by atoms with Crippen LogP contribution in [0.15, 0.2) is 0 Å². The number of nitrogen functional groups attached to an aromatic ring is 1. The minimum absolute atomic E-state index is 0.138. The van der Waals surface area contributed by atoms with Crippen LogP contribution in [0, 0.1) is 13.8 Å². The van der Waals surface area contributed by atoms with Crippen LogP contribution in [0.2, 0.25) is 0 Å². The van der Waals surface area contributed by atoms with Crippen LogP contribution in [0.3, 0.4) is 0 Å². The van der Waals surface area contributed by atoms with Crippen LogP contribution in [0.5, 0.6) is 0 Å². The molecule has 0 aliphatic rings. The van der Waals surface area contributed by atoms with Crippen molar-refractivity contribution in [3.63, 3.8) is 0 Å². The third-order valence-corrected chi connectivity index (χ3v) is 3.23. The van der Waals surface area contributed by atoms with Gasteiger partial charge in [0, 0.05) is 0 Å². The van der Waals surface area contributed by atoms with Gasteiger partial charge in [0.2, 0.25) is 0 Å². The maximum atomic E-state index is 11.7. The third kappa shape index (κ3) is 4.93. The molecule has 0 amide bonds. The number of aromatic nitrogens is 2. The number of carbonyl (C=O) groups is 1. The first-order chi connectivity index (χ1) is 9.06. The summed E-state index contributed by atoms with van der Waals surface area (Å²) in [6.45, 7) is 6.50. The molecule has 0 atom stereocenters. The van der Waals surface area contributed by atoms with Crippen molar-refractivity contribution in [3.05, 3.63) is 11.4 Å². The van der Waals surface area contributed by atoms with Gasteiger partial charge in [0.25, 0.3) is 0 Å². The van der Waals surface area contributed by atoms with Crippen LogP contribution in [-0.4, -0.2) is 22.4 Å². The van der Waals surface area contributed by atoms with Gasteiger partial charge in [-0.05, 0) is 20.3 Å². The monoisotopic (exact) mass is 267 g/mol. The van der Waals surface area contributed by atoms with Gasteiger partial charge in [-0.1, -0.05) is 32.6 Å². The van der Waals surface area contributed by atoms with Gasteiger partial charge < -0.3 is 10.5 Å². The van der Waals surface area contributed by atoms with Crippen molar-refractivity contribution in [3.8, 4) is 0 Å². The summed E-state index contributed by atoms with van der Waals surface area (Å²) in [7, 11) is 0. The van der Waals surface area contributed by atoms with Gasteiger partial charge >= 0.3 is 5.97 Å². The second-order valence-corrected chi connectivity index (χ2v) is 4.88. The maximum Gasteiger partial charge on any atom is 0.327 e. The SMILES string of the molecule is CCCCCCCOC(=O)Cn1nc(C)c(N)c1C. The molecule has 108 valence electrons. The molecule has 1 heterocycles. The highest BCUT2D eigenvalue weighted by Gasteiger charge is 2.11. The zero-order valence-electron chi connectivity index (χ0n) is 12.2. The van der Waals surface area contributed by atoms with E-state index in [0.717, 1.165) is 24.2 Å². The highest BCUT2D eigenvalue weighted by molar-refractivity contribution is 5.69. The molecule has 0 radical (unpaired) electrons. The van der Waals surface area contributed by atoms with Crippen molar-refractivity contribution in [1.82, 2.24) is 9.78 Å². The Morgan fingerprint density at radius 3 is 2.53 bits per heavy atom. The topological polar surface area (TPSA) is 70.1 Å². The Balaban J connectivity index is 2.26. The van der Waals surface area contributed by atoms with Crippen LogP contribution in [0.25, 0.3) is 0 Å². The molecule has 1 aromatic heterocycles. The van der Waals surface area contributed by atoms with Crippen LogP contribution >= 0.6 is 0 Å². The first kappa shape index (κ1) is 15.5. The van der Waals surface area contributed by atoms with E-state index in [4.69, 9.17) is 10.5 Å². The Bertz CT molecular complexity index is 413. The van der Waals surface area contributed by atoms with Crippen LogP contribution in [-0.2, 0) is 16.1 Å². The first-order valence-electron chi connectivity index (χ1n) is 7.01. The Labute approximate surface area is 115 Å². The molecule has 0 bridgehead atoms. The van der Waals surface area contributed by atoms with E-state index in [1.165, 1.54) is 19.3 Å². The van der Waals surface area contributed by atoms with Crippen molar-refractivity contribution in [2.75, 3.05) is 12.3 Å². The fourth-order valence-corrected chi connectivity index (χ4v) is 1.92. The van der Waals surface area contributed by atoms with Crippen LogP contribution in [0.1, 0.15) is 50.4 Å². The smallest absolute Gasteiger partial charge is 0.327 e. The molecule has 19 heavy (non-hydrogen) atoms. The molecule has 0 aromatic carbocycles. The summed E-state index contributed by atoms with van der Waals surface area (Å²) in [6, 6.07) is 0. The van der Waals surface area contributed by atoms with E-state index in [-0.39, 0.29) is 12.5 Å². The average molecular weight is 267 g/mol. The van der Waals surface area contributed by atoms with Gasteiger partial charge in [0.05, 0.1) is 23.7 Å². The summed E-state index contributed by atoms with van der Waals surface area (Å²) in [6.07, 6.45) is 5.74. The summed E-state index contributed by atoms with van der Waals surface area (Å²) in [5.41, 5.74) is 8.03. The molecule has 5 nitrogen and oxygen atoms in total. The van der Waals surface area contributed by atoms with Crippen molar-refractivity contribution in [2.45, 2.75) is 59.4 Å². The quantitative estimate of drug-likeness (QED) is 0.580. The van der Waals surface area contributed by atoms with Crippen molar-refractivity contribution < 1.29 is 9.53 Å². The predicted octanol–water partition coefficient (Wildman–Crippen LogP) is 2.60. The largest absolute Gasteiger partial charge is 0.464 e. The number of rotatable bonds is 8. The van der Waals surface area contributed by atoms with Crippen molar-refractivity contribution in [2.24, 2.45) is 0 Å². The predicted molar refractivity (Wildman–Crippen MR) is 75.8 cm³/mol. The van der Waals surface area contributed by atoms with Crippen molar-refractivity contribution in [1.29, 1.82) is 0 Å². The van der Waals surface area contributed by atoms with E-state index in [1.54, 1.807) is 4.68 Å². The average Bonchev–Trinajstić information content (AvgIpc) is 2.61. The molecule has 1 aromatic rings. The van der Waals surface area contributed by atoms with E-state index in [9.17, 15) is 4.79 Å². The first-order valence-corrected chi connectivity index (χ1v) is 7.01. The molecule has 0 spiro atoms. The van der Waals surface area contributed by atoms with E-state index in [2.05, 4.69) is 12.0 Å². The molecule has 0 aliphatic heterocycles. The highest BCUT2D eigenvalue weighted by Crippen LogP contribution is 2.14. The molecule has 0 saturated heterocycles.